The van der Waals surface area contributed by atoms with Crippen molar-refractivity contribution in [1.29, 1.82) is 0 Å². The molecule has 150 valence electrons. The van der Waals surface area contributed by atoms with Gasteiger partial charge in [0.05, 0.1) is 20.3 Å². The molecule has 0 bridgehead atoms. The van der Waals surface area contributed by atoms with E-state index in [1.165, 1.54) is 0 Å². The molecule has 2 aromatic carbocycles. The van der Waals surface area contributed by atoms with Gasteiger partial charge in [0.15, 0.2) is 11.5 Å². The molecule has 0 radical (unpaired) electrons. The Hall–Kier alpha value is -3.41. The van der Waals surface area contributed by atoms with Gasteiger partial charge in [0.1, 0.15) is 0 Å². The van der Waals surface area contributed by atoms with E-state index in [9.17, 15) is 4.79 Å². The molecule has 1 aliphatic rings. The summed E-state index contributed by atoms with van der Waals surface area (Å²) in [7, 11) is 3.23. The van der Waals surface area contributed by atoms with Crippen molar-refractivity contribution in [3.8, 4) is 11.5 Å². The van der Waals surface area contributed by atoms with E-state index >= 15 is 0 Å². The molecule has 1 aliphatic heterocycles. The fraction of sp³-hybridized carbons (Fsp3) is 0.261. The molecule has 4 rings (SSSR count). The van der Waals surface area contributed by atoms with Gasteiger partial charge in [-0.2, -0.15) is 0 Å². The first-order valence-corrected chi connectivity index (χ1v) is 9.62. The number of ether oxygens (including phenoxy) is 2. The zero-order valence-electron chi connectivity index (χ0n) is 16.9. The van der Waals surface area contributed by atoms with Crippen LogP contribution >= 0.6 is 0 Å². The molecule has 0 spiro atoms. The van der Waals surface area contributed by atoms with Gasteiger partial charge in [-0.25, -0.2) is 4.79 Å². The number of anilines is 1. The molecule has 1 unspecified atom stereocenters. The normalized spacial score (nSPS) is 15.6. The van der Waals surface area contributed by atoms with Gasteiger partial charge in [0.2, 0.25) is 0 Å². The third-order valence-corrected chi connectivity index (χ3v) is 5.33. The van der Waals surface area contributed by atoms with Crippen molar-refractivity contribution in [2.75, 3.05) is 26.1 Å². The van der Waals surface area contributed by atoms with E-state index in [2.05, 4.69) is 22.1 Å². The first kappa shape index (κ1) is 18.9. The van der Waals surface area contributed by atoms with Crippen LogP contribution in [-0.2, 0) is 6.54 Å². The van der Waals surface area contributed by atoms with Gasteiger partial charge in [-0.15, -0.1) is 0 Å². The maximum absolute atomic E-state index is 13.2. The van der Waals surface area contributed by atoms with Gasteiger partial charge >= 0.3 is 6.03 Å². The Bertz CT molecular complexity index is 1010. The lowest BCUT2D eigenvalue weighted by molar-refractivity contribution is 0.181. The third-order valence-electron chi connectivity index (χ3n) is 5.33. The number of carbonyl (C=O) groups is 1. The number of benzene rings is 2. The van der Waals surface area contributed by atoms with Crippen molar-refractivity contribution in [3.05, 3.63) is 77.6 Å². The zero-order valence-corrected chi connectivity index (χ0v) is 16.9. The van der Waals surface area contributed by atoms with Crippen LogP contribution in [-0.4, -0.2) is 36.3 Å². The quantitative estimate of drug-likeness (QED) is 0.715. The molecule has 2 amide bonds. The predicted molar refractivity (Wildman–Crippen MR) is 113 cm³/mol. The lowest BCUT2D eigenvalue weighted by atomic mass is 9.99. The number of hydrogen-bond donors (Lipinski definition) is 1. The van der Waals surface area contributed by atoms with Crippen LogP contribution in [0.5, 0.6) is 11.5 Å². The molecule has 0 fully saturated rings. The largest absolute Gasteiger partial charge is 0.493 e. The smallest absolute Gasteiger partial charge is 0.322 e. The molecular formula is C23H25N3O3. The number of urea groups is 1. The number of nitrogens with zero attached hydrogens (tertiary/aromatic N) is 2. The number of aryl methyl sites for hydroxylation is 1. The average Bonchev–Trinajstić information content (AvgIpc) is 3.23. The third kappa shape index (κ3) is 3.66. The zero-order chi connectivity index (χ0) is 20.4. The van der Waals surface area contributed by atoms with Crippen LogP contribution in [0.3, 0.4) is 0 Å². The monoisotopic (exact) mass is 391 g/mol. The number of fused-ring (bicyclic) bond motifs is 1. The summed E-state index contributed by atoms with van der Waals surface area (Å²) in [6, 6.07) is 17.4. The maximum Gasteiger partial charge on any atom is 0.322 e. The fourth-order valence-corrected chi connectivity index (χ4v) is 3.81. The number of carbonyl (C=O) groups excluding carboxylic acids is 1. The number of nitrogens with one attached hydrogen (secondary N) is 1. The summed E-state index contributed by atoms with van der Waals surface area (Å²) in [6.07, 6.45) is 2.05. The van der Waals surface area contributed by atoms with Crippen LogP contribution in [0, 0.1) is 6.92 Å². The maximum atomic E-state index is 13.2. The summed E-state index contributed by atoms with van der Waals surface area (Å²) in [5.41, 5.74) is 3.98. The van der Waals surface area contributed by atoms with Crippen molar-refractivity contribution < 1.29 is 14.3 Å². The Balaban J connectivity index is 1.69. The van der Waals surface area contributed by atoms with E-state index in [1.54, 1.807) is 14.2 Å². The lowest BCUT2D eigenvalue weighted by Gasteiger charge is -2.37. The second-order valence-corrected chi connectivity index (χ2v) is 7.13. The average molecular weight is 391 g/mol. The van der Waals surface area contributed by atoms with Crippen LogP contribution in [0.1, 0.15) is 22.9 Å². The van der Waals surface area contributed by atoms with Crippen LogP contribution in [0.4, 0.5) is 10.5 Å². The van der Waals surface area contributed by atoms with Gasteiger partial charge in [-0.1, -0.05) is 23.8 Å². The summed E-state index contributed by atoms with van der Waals surface area (Å²) < 4.78 is 13.1. The number of rotatable bonds is 4. The summed E-state index contributed by atoms with van der Waals surface area (Å²) in [5.74, 6) is 1.31. The molecule has 0 aliphatic carbocycles. The van der Waals surface area contributed by atoms with Gasteiger partial charge in [-0.05, 0) is 48.9 Å². The molecule has 0 saturated carbocycles. The molecule has 2 heterocycles. The summed E-state index contributed by atoms with van der Waals surface area (Å²) in [6.45, 7) is 3.39. The minimum Gasteiger partial charge on any atom is -0.493 e. The van der Waals surface area contributed by atoms with E-state index < -0.39 is 0 Å². The molecule has 1 N–H and O–H groups in total. The first-order valence-electron chi connectivity index (χ1n) is 9.62. The van der Waals surface area contributed by atoms with Gasteiger partial charge in [-0.3, -0.25) is 0 Å². The minimum absolute atomic E-state index is 0.124. The Morgan fingerprint density at radius 2 is 1.76 bits per heavy atom. The van der Waals surface area contributed by atoms with Crippen LogP contribution in [0.25, 0.3) is 0 Å². The Morgan fingerprint density at radius 3 is 2.48 bits per heavy atom. The number of aromatic nitrogens is 1. The molecule has 1 aromatic heterocycles. The molecule has 29 heavy (non-hydrogen) atoms. The van der Waals surface area contributed by atoms with E-state index in [0.29, 0.717) is 18.0 Å². The molecule has 6 nitrogen and oxygen atoms in total. The summed E-state index contributed by atoms with van der Waals surface area (Å²) in [5, 5.41) is 3.03. The van der Waals surface area contributed by atoms with Crippen molar-refractivity contribution in [1.82, 2.24) is 9.47 Å². The lowest BCUT2D eigenvalue weighted by Crippen LogP contribution is -2.44. The van der Waals surface area contributed by atoms with Crippen LogP contribution < -0.4 is 14.8 Å². The van der Waals surface area contributed by atoms with Crippen molar-refractivity contribution >= 4 is 11.7 Å². The molecule has 0 saturated heterocycles. The number of hydrogen-bond acceptors (Lipinski definition) is 3. The highest BCUT2D eigenvalue weighted by Crippen LogP contribution is 2.37. The number of amides is 2. The van der Waals surface area contributed by atoms with E-state index in [4.69, 9.17) is 9.47 Å². The number of methoxy groups -OCH3 is 2. The van der Waals surface area contributed by atoms with Crippen LogP contribution in [0.2, 0.25) is 0 Å². The first-order chi connectivity index (χ1) is 14.1. The predicted octanol–water partition coefficient (Wildman–Crippen LogP) is 4.45. The second-order valence-electron chi connectivity index (χ2n) is 7.13. The molecule has 6 heteroatoms. The standard InChI is InChI=1S/C23H25N3O3/c1-16-6-9-18(10-7-16)24-23(27)26-14-13-25-12-4-5-19(25)22(26)17-8-11-20(28-2)21(15-17)29-3/h4-12,15,22H,13-14H2,1-3H3,(H,24,27). The summed E-state index contributed by atoms with van der Waals surface area (Å²) >= 11 is 0. The Kier molecular flexibility index (Phi) is 5.16. The molecular weight excluding hydrogens is 366 g/mol. The molecule has 1 atom stereocenters. The molecule has 3 aromatic rings. The minimum atomic E-state index is -0.219. The van der Waals surface area contributed by atoms with Gasteiger partial charge < -0.3 is 24.3 Å². The SMILES string of the molecule is COc1ccc(C2c3cccn3CCN2C(=O)Nc2ccc(C)cc2)cc1OC. The highest BCUT2D eigenvalue weighted by atomic mass is 16.5. The second kappa shape index (κ2) is 7.91. The Labute approximate surface area is 170 Å². The highest BCUT2D eigenvalue weighted by Gasteiger charge is 2.32. The van der Waals surface area contributed by atoms with Gasteiger partial charge in [0, 0.05) is 30.7 Å². The van der Waals surface area contributed by atoms with Crippen molar-refractivity contribution in [3.63, 3.8) is 0 Å². The summed E-state index contributed by atoms with van der Waals surface area (Å²) in [4.78, 5) is 15.1. The topological polar surface area (TPSA) is 55.7 Å². The van der Waals surface area contributed by atoms with E-state index in [0.717, 1.165) is 29.1 Å². The fourth-order valence-electron chi connectivity index (χ4n) is 3.81. The van der Waals surface area contributed by atoms with E-state index in [1.807, 2.05) is 60.4 Å². The van der Waals surface area contributed by atoms with Crippen molar-refractivity contribution in [2.45, 2.75) is 19.5 Å². The Morgan fingerprint density at radius 1 is 1.00 bits per heavy atom. The van der Waals surface area contributed by atoms with Crippen LogP contribution in [0.15, 0.2) is 60.8 Å². The van der Waals surface area contributed by atoms with Crippen molar-refractivity contribution in [2.24, 2.45) is 0 Å². The van der Waals surface area contributed by atoms with E-state index in [-0.39, 0.29) is 12.1 Å². The highest BCUT2D eigenvalue weighted by molar-refractivity contribution is 5.90. The van der Waals surface area contributed by atoms with Gasteiger partial charge in [0.25, 0.3) is 0 Å².